The molecule has 2 amide bonds. The summed E-state index contributed by atoms with van der Waals surface area (Å²) >= 11 is 1.36. The molecule has 0 aliphatic carbocycles. The van der Waals surface area contributed by atoms with Crippen LogP contribution in [0.3, 0.4) is 0 Å². The Kier molecular flexibility index (Phi) is 5.24. The predicted octanol–water partition coefficient (Wildman–Crippen LogP) is 2.45. The number of para-hydroxylation sites is 2. The molecule has 0 radical (unpaired) electrons. The van der Waals surface area contributed by atoms with Crippen molar-refractivity contribution >= 4 is 34.5 Å². The number of thiophene rings is 1. The van der Waals surface area contributed by atoms with Crippen molar-refractivity contribution < 1.29 is 14.3 Å². The molecule has 1 fully saturated rings. The van der Waals surface area contributed by atoms with Gasteiger partial charge in [-0.3, -0.25) is 9.59 Å². The number of nitrogens with two attached hydrogens (primary N) is 1. The molecule has 0 spiro atoms. The van der Waals surface area contributed by atoms with Gasteiger partial charge in [-0.2, -0.15) is 0 Å². The normalized spacial score (nSPS) is 19.9. The smallest absolute Gasteiger partial charge is 0.265 e. The van der Waals surface area contributed by atoms with Crippen LogP contribution in [-0.2, 0) is 9.53 Å². The third kappa shape index (κ3) is 3.81. The van der Waals surface area contributed by atoms with Gasteiger partial charge >= 0.3 is 0 Å². The Morgan fingerprint density at radius 2 is 1.88 bits per heavy atom. The lowest BCUT2D eigenvalue weighted by atomic mass is 10.2. The molecule has 3 rings (SSSR count). The van der Waals surface area contributed by atoms with Gasteiger partial charge in [-0.25, -0.2) is 0 Å². The van der Waals surface area contributed by atoms with Crippen molar-refractivity contribution in [3.8, 4) is 0 Å². The van der Waals surface area contributed by atoms with Crippen molar-refractivity contribution in [2.45, 2.75) is 25.0 Å². The van der Waals surface area contributed by atoms with E-state index < -0.39 is 6.10 Å². The van der Waals surface area contributed by atoms with Crippen molar-refractivity contribution in [2.24, 2.45) is 5.73 Å². The summed E-state index contributed by atoms with van der Waals surface area (Å²) in [6.45, 7) is 0.414. The third-order valence-corrected chi connectivity index (χ3v) is 4.71. The monoisotopic (exact) mass is 345 g/mol. The van der Waals surface area contributed by atoms with Crippen LogP contribution in [-0.4, -0.2) is 30.6 Å². The lowest BCUT2D eigenvalue weighted by Crippen LogP contribution is -2.30. The maximum atomic E-state index is 12.4. The minimum absolute atomic E-state index is 0.0606. The zero-order chi connectivity index (χ0) is 16.9. The fraction of sp³-hybridized carbons (Fsp3) is 0.294. The average molecular weight is 345 g/mol. The highest BCUT2D eigenvalue weighted by Crippen LogP contribution is 2.25. The Morgan fingerprint density at radius 1 is 1.12 bits per heavy atom. The van der Waals surface area contributed by atoms with Gasteiger partial charge in [0.05, 0.1) is 22.4 Å². The number of benzene rings is 1. The summed E-state index contributed by atoms with van der Waals surface area (Å²) in [7, 11) is 0. The van der Waals surface area contributed by atoms with E-state index in [2.05, 4.69) is 10.6 Å². The van der Waals surface area contributed by atoms with Crippen molar-refractivity contribution in [3.63, 3.8) is 0 Å². The molecule has 6 nitrogen and oxygen atoms in total. The van der Waals surface area contributed by atoms with E-state index in [0.717, 1.165) is 6.42 Å². The maximum Gasteiger partial charge on any atom is 0.265 e. The molecule has 2 atom stereocenters. The van der Waals surface area contributed by atoms with Gasteiger partial charge in [-0.1, -0.05) is 18.2 Å². The topological polar surface area (TPSA) is 93.5 Å². The molecule has 2 heterocycles. The summed E-state index contributed by atoms with van der Waals surface area (Å²) in [5, 5.41) is 7.50. The first-order valence-electron chi connectivity index (χ1n) is 7.77. The zero-order valence-corrected chi connectivity index (χ0v) is 13.8. The lowest BCUT2D eigenvalue weighted by Gasteiger charge is -2.15. The largest absolute Gasteiger partial charge is 0.364 e. The Bertz CT molecular complexity index is 718. The van der Waals surface area contributed by atoms with Crippen LogP contribution in [0.2, 0.25) is 0 Å². The van der Waals surface area contributed by atoms with E-state index in [9.17, 15) is 9.59 Å². The van der Waals surface area contributed by atoms with Gasteiger partial charge in [0.15, 0.2) is 0 Å². The molecule has 1 aliphatic rings. The van der Waals surface area contributed by atoms with Crippen molar-refractivity contribution in [1.82, 2.24) is 0 Å². The number of amides is 2. The molecule has 1 aromatic heterocycles. The van der Waals surface area contributed by atoms with Crippen LogP contribution in [0.4, 0.5) is 11.4 Å². The van der Waals surface area contributed by atoms with Gasteiger partial charge in [0, 0.05) is 6.54 Å². The van der Waals surface area contributed by atoms with E-state index in [4.69, 9.17) is 10.5 Å². The quantitative estimate of drug-likeness (QED) is 0.776. The van der Waals surface area contributed by atoms with E-state index in [-0.39, 0.29) is 17.9 Å². The molecule has 0 bridgehead atoms. The minimum Gasteiger partial charge on any atom is -0.364 e. The average Bonchev–Trinajstić information content (AvgIpc) is 3.28. The van der Waals surface area contributed by atoms with E-state index in [1.54, 1.807) is 30.3 Å². The predicted molar refractivity (Wildman–Crippen MR) is 94.3 cm³/mol. The molecule has 0 unspecified atom stereocenters. The fourth-order valence-electron chi connectivity index (χ4n) is 2.58. The third-order valence-electron chi connectivity index (χ3n) is 3.84. The molecule has 126 valence electrons. The summed E-state index contributed by atoms with van der Waals surface area (Å²) in [4.78, 5) is 25.2. The fourth-order valence-corrected chi connectivity index (χ4v) is 3.20. The van der Waals surface area contributed by atoms with Gasteiger partial charge in [-0.05, 0) is 36.4 Å². The van der Waals surface area contributed by atoms with Crippen molar-refractivity contribution in [3.05, 3.63) is 46.7 Å². The molecule has 0 saturated carbocycles. The highest BCUT2D eigenvalue weighted by atomic mass is 32.1. The number of carbonyl (C=O) groups excluding carboxylic acids is 2. The van der Waals surface area contributed by atoms with Gasteiger partial charge < -0.3 is 21.1 Å². The Balaban J connectivity index is 1.68. The van der Waals surface area contributed by atoms with Gasteiger partial charge in [0.1, 0.15) is 6.10 Å². The molecule has 1 aromatic carbocycles. The standard InChI is InChI=1S/C17H19N3O3S/c18-10-11-7-8-14(23-11)16(21)19-12-4-1-2-5-13(12)20-17(22)15-6-3-9-24-15/h1-6,9,11,14H,7-8,10,18H2,(H,19,21)(H,20,22)/t11-,14+/m1/s1. The zero-order valence-electron chi connectivity index (χ0n) is 13.0. The second kappa shape index (κ2) is 7.57. The summed E-state index contributed by atoms with van der Waals surface area (Å²) in [6.07, 6.45) is 0.872. The van der Waals surface area contributed by atoms with Gasteiger partial charge in [0.25, 0.3) is 11.8 Å². The van der Waals surface area contributed by atoms with Gasteiger partial charge in [0.2, 0.25) is 0 Å². The van der Waals surface area contributed by atoms with Crippen LogP contribution >= 0.6 is 11.3 Å². The van der Waals surface area contributed by atoms with Crippen LogP contribution in [0.25, 0.3) is 0 Å². The highest BCUT2D eigenvalue weighted by Gasteiger charge is 2.30. The number of hydrogen-bond acceptors (Lipinski definition) is 5. The molecule has 1 saturated heterocycles. The Hall–Kier alpha value is -2.22. The van der Waals surface area contributed by atoms with Gasteiger partial charge in [-0.15, -0.1) is 11.3 Å². The summed E-state index contributed by atoms with van der Waals surface area (Å²) < 4.78 is 5.60. The molecule has 1 aliphatic heterocycles. The first kappa shape index (κ1) is 16.6. The number of anilines is 2. The second-order valence-electron chi connectivity index (χ2n) is 5.53. The SMILES string of the molecule is NC[C@H]1CC[C@@H](C(=O)Nc2ccccc2NC(=O)c2cccs2)O1. The Morgan fingerprint density at radius 3 is 2.50 bits per heavy atom. The van der Waals surface area contributed by atoms with E-state index in [0.29, 0.717) is 29.2 Å². The molecular weight excluding hydrogens is 326 g/mol. The number of nitrogens with one attached hydrogen (secondary N) is 2. The molecule has 2 aromatic rings. The van der Waals surface area contributed by atoms with Crippen LogP contribution in [0.15, 0.2) is 41.8 Å². The van der Waals surface area contributed by atoms with Crippen molar-refractivity contribution in [2.75, 3.05) is 17.2 Å². The molecule has 4 N–H and O–H groups in total. The van der Waals surface area contributed by atoms with Crippen LogP contribution < -0.4 is 16.4 Å². The highest BCUT2D eigenvalue weighted by molar-refractivity contribution is 7.12. The number of hydrogen-bond donors (Lipinski definition) is 3. The van der Waals surface area contributed by atoms with E-state index >= 15 is 0 Å². The number of carbonyl (C=O) groups is 2. The first-order valence-corrected chi connectivity index (χ1v) is 8.65. The van der Waals surface area contributed by atoms with Crippen LogP contribution in [0.5, 0.6) is 0 Å². The molecule has 7 heteroatoms. The van der Waals surface area contributed by atoms with Crippen LogP contribution in [0.1, 0.15) is 22.5 Å². The second-order valence-corrected chi connectivity index (χ2v) is 6.47. The minimum atomic E-state index is -0.500. The summed E-state index contributed by atoms with van der Waals surface area (Å²) in [5.41, 5.74) is 6.67. The van der Waals surface area contributed by atoms with Crippen molar-refractivity contribution in [1.29, 1.82) is 0 Å². The Labute approximate surface area is 144 Å². The van der Waals surface area contributed by atoms with Crippen LogP contribution in [0, 0.1) is 0 Å². The number of ether oxygens (including phenoxy) is 1. The number of rotatable bonds is 5. The van der Waals surface area contributed by atoms with E-state index in [1.165, 1.54) is 11.3 Å². The first-order chi connectivity index (χ1) is 11.7. The van der Waals surface area contributed by atoms with E-state index in [1.807, 2.05) is 11.4 Å². The maximum absolute atomic E-state index is 12.4. The summed E-state index contributed by atoms with van der Waals surface area (Å²) in [6, 6.07) is 10.7. The lowest BCUT2D eigenvalue weighted by molar-refractivity contribution is -0.126. The molecular formula is C17H19N3O3S. The molecule has 24 heavy (non-hydrogen) atoms. The summed E-state index contributed by atoms with van der Waals surface area (Å²) in [5.74, 6) is -0.421.